The van der Waals surface area contributed by atoms with Crippen LogP contribution < -0.4 is 5.32 Å². The zero-order valence-corrected chi connectivity index (χ0v) is 11.1. The maximum absolute atomic E-state index is 11.6. The second-order valence-electron chi connectivity index (χ2n) is 4.64. The molecule has 1 unspecified atom stereocenters. The number of sulfone groups is 1. The van der Waals surface area contributed by atoms with Gasteiger partial charge in [0.05, 0.1) is 17.2 Å². The number of rotatable bonds is 4. The molecule has 17 heavy (non-hydrogen) atoms. The van der Waals surface area contributed by atoms with Crippen molar-refractivity contribution < 1.29 is 8.42 Å². The lowest BCUT2D eigenvalue weighted by molar-refractivity contribution is 0.573. The van der Waals surface area contributed by atoms with Crippen LogP contribution in [0.3, 0.4) is 0 Å². The topological polar surface area (TPSA) is 64.0 Å². The predicted octanol–water partition coefficient (Wildman–Crippen LogP) is 0.395. The third kappa shape index (κ3) is 2.69. The Morgan fingerprint density at radius 3 is 2.88 bits per heavy atom. The van der Waals surface area contributed by atoms with E-state index < -0.39 is 9.84 Å². The SMILES string of the molecule is Cc1c(CNCC2CCCS2(=O)=O)cnn1C. The van der Waals surface area contributed by atoms with Crippen molar-refractivity contribution in [3.63, 3.8) is 0 Å². The summed E-state index contributed by atoms with van der Waals surface area (Å²) in [6, 6.07) is 0. The van der Waals surface area contributed by atoms with Gasteiger partial charge in [0.2, 0.25) is 0 Å². The molecule has 0 saturated carbocycles. The summed E-state index contributed by atoms with van der Waals surface area (Å²) in [5, 5.41) is 7.18. The van der Waals surface area contributed by atoms with Gasteiger partial charge in [-0.15, -0.1) is 0 Å². The van der Waals surface area contributed by atoms with Crippen molar-refractivity contribution in [3.05, 3.63) is 17.5 Å². The third-order valence-electron chi connectivity index (χ3n) is 3.49. The summed E-state index contributed by atoms with van der Waals surface area (Å²) in [5.41, 5.74) is 2.25. The average molecular weight is 257 g/mol. The molecule has 1 saturated heterocycles. The third-order valence-corrected chi connectivity index (χ3v) is 5.76. The molecule has 1 aromatic heterocycles. The minimum absolute atomic E-state index is 0.195. The molecule has 1 N–H and O–H groups in total. The molecule has 2 heterocycles. The van der Waals surface area contributed by atoms with E-state index in [1.807, 2.05) is 24.9 Å². The molecule has 0 bridgehead atoms. The Morgan fingerprint density at radius 2 is 2.35 bits per heavy atom. The van der Waals surface area contributed by atoms with Crippen molar-refractivity contribution in [2.45, 2.75) is 31.6 Å². The highest BCUT2D eigenvalue weighted by atomic mass is 32.2. The Balaban J connectivity index is 1.86. The van der Waals surface area contributed by atoms with E-state index in [0.29, 0.717) is 18.8 Å². The molecule has 0 amide bonds. The molecule has 1 aliphatic rings. The molecule has 1 atom stereocenters. The Labute approximate surface area is 102 Å². The number of hydrogen-bond donors (Lipinski definition) is 1. The van der Waals surface area contributed by atoms with Gasteiger partial charge in [-0.3, -0.25) is 4.68 Å². The fourth-order valence-electron chi connectivity index (χ4n) is 2.17. The van der Waals surface area contributed by atoms with E-state index in [0.717, 1.165) is 24.1 Å². The number of aromatic nitrogens is 2. The fraction of sp³-hybridized carbons (Fsp3) is 0.727. The van der Waals surface area contributed by atoms with Crippen LogP contribution in [0.5, 0.6) is 0 Å². The summed E-state index contributed by atoms with van der Waals surface area (Å²) in [7, 11) is -0.927. The lowest BCUT2D eigenvalue weighted by atomic mass is 10.2. The first-order valence-corrected chi connectivity index (χ1v) is 7.62. The Bertz CT molecular complexity index is 493. The molecule has 2 rings (SSSR count). The molecule has 0 aliphatic carbocycles. The summed E-state index contributed by atoms with van der Waals surface area (Å²) in [6.07, 6.45) is 3.42. The second kappa shape index (κ2) is 4.78. The molecular formula is C11H19N3O2S. The average Bonchev–Trinajstić information content (AvgIpc) is 2.75. The normalized spacial score (nSPS) is 23.1. The van der Waals surface area contributed by atoms with Crippen LogP contribution in [0, 0.1) is 6.92 Å². The second-order valence-corrected chi connectivity index (χ2v) is 7.04. The lowest BCUT2D eigenvalue weighted by Crippen LogP contribution is -2.30. The van der Waals surface area contributed by atoms with Crippen molar-refractivity contribution in [3.8, 4) is 0 Å². The largest absolute Gasteiger partial charge is 0.311 e. The Kier molecular flexibility index (Phi) is 3.53. The van der Waals surface area contributed by atoms with Crippen molar-refractivity contribution in [1.29, 1.82) is 0 Å². The number of aryl methyl sites for hydroxylation is 1. The summed E-state index contributed by atoms with van der Waals surface area (Å²) < 4.78 is 25.1. The van der Waals surface area contributed by atoms with Crippen molar-refractivity contribution >= 4 is 9.84 Å². The summed E-state index contributed by atoms with van der Waals surface area (Å²) in [5.74, 6) is 0.352. The molecule has 1 aliphatic heterocycles. The fourth-order valence-corrected chi connectivity index (χ4v) is 3.97. The molecule has 0 aromatic carbocycles. The van der Waals surface area contributed by atoms with Gasteiger partial charge in [0.15, 0.2) is 9.84 Å². The Hall–Kier alpha value is -0.880. The van der Waals surface area contributed by atoms with Crippen LogP contribution in [0.4, 0.5) is 0 Å². The number of hydrogen-bond acceptors (Lipinski definition) is 4. The molecule has 1 aromatic rings. The maximum Gasteiger partial charge on any atom is 0.154 e. The van der Waals surface area contributed by atoms with Gasteiger partial charge in [0.25, 0.3) is 0 Å². The molecule has 6 heteroatoms. The van der Waals surface area contributed by atoms with Gasteiger partial charge in [-0.2, -0.15) is 5.10 Å². The lowest BCUT2D eigenvalue weighted by Gasteiger charge is -2.10. The summed E-state index contributed by atoms with van der Waals surface area (Å²) in [4.78, 5) is 0. The Morgan fingerprint density at radius 1 is 1.59 bits per heavy atom. The highest BCUT2D eigenvalue weighted by molar-refractivity contribution is 7.92. The monoisotopic (exact) mass is 257 g/mol. The van der Waals surface area contributed by atoms with Gasteiger partial charge in [-0.1, -0.05) is 0 Å². The minimum Gasteiger partial charge on any atom is -0.311 e. The number of nitrogens with one attached hydrogen (secondary N) is 1. The van der Waals surface area contributed by atoms with Crippen LogP contribution >= 0.6 is 0 Å². The van der Waals surface area contributed by atoms with Crippen molar-refractivity contribution in [2.24, 2.45) is 7.05 Å². The van der Waals surface area contributed by atoms with Crippen molar-refractivity contribution in [2.75, 3.05) is 12.3 Å². The van der Waals surface area contributed by atoms with Crippen LogP contribution in [-0.2, 0) is 23.4 Å². The van der Waals surface area contributed by atoms with Gasteiger partial charge in [-0.05, 0) is 19.8 Å². The first-order chi connectivity index (χ1) is 8.00. The van der Waals surface area contributed by atoms with Gasteiger partial charge >= 0.3 is 0 Å². The molecule has 1 fully saturated rings. The first-order valence-electron chi connectivity index (χ1n) is 5.90. The van der Waals surface area contributed by atoms with Crippen LogP contribution in [0.15, 0.2) is 6.20 Å². The van der Waals surface area contributed by atoms with E-state index >= 15 is 0 Å². The maximum atomic E-state index is 11.6. The van der Waals surface area contributed by atoms with Crippen molar-refractivity contribution in [1.82, 2.24) is 15.1 Å². The zero-order valence-electron chi connectivity index (χ0n) is 10.3. The quantitative estimate of drug-likeness (QED) is 0.848. The van der Waals surface area contributed by atoms with Crippen LogP contribution in [0.25, 0.3) is 0 Å². The van der Waals surface area contributed by atoms with Gasteiger partial charge < -0.3 is 5.32 Å². The van der Waals surface area contributed by atoms with Crippen LogP contribution in [0.1, 0.15) is 24.1 Å². The first kappa shape index (κ1) is 12.6. The number of nitrogens with zero attached hydrogens (tertiary/aromatic N) is 2. The van der Waals surface area contributed by atoms with E-state index in [9.17, 15) is 8.42 Å². The van der Waals surface area contributed by atoms with E-state index in [1.54, 1.807) is 0 Å². The smallest absolute Gasteiger partial charge is 0.154 e. The van der Waals surface area contributed by atoms with Crippen LogP contribution in [0.2, 0.25) is 0 Å². The zero-order chi connectivity index (χ0) is 12.5. The van der Waals surface area contributed by atoms with E-state index in [-0.39, 0.29) is 5.25 Å². The highest BCUT2D eigenvalue weighted by Gasteiger charge is 2.30. The molecule has 0 radical (unpaired) electrons. The molecular weight excluding hydrogens is 238 g/mol. The van der Waals surface area contributed by atoms with Gasteiger partial charge in [-0.25, -0.2) is 8.42 Å². The van der Waals surface area contributed by atoms with E-state index in [1.165, 1.54) is 0 Å². The standard InChI is InChI=1S/C11H19N3O2S/c1-9-10(7-13-14(9)2)6-12-8-11-4-3-5-17(11,15)16/h7,11-12H,3-6,8H2,1-2H3. The highest BCUT2D eigenvalue weighted by Crippen LogP contribution is 2.19. The summed E-state index contributed by atoms with van der Waals surface area (Å²) >= 11 is 0. The van der Waals surface area contributed by atoms with Gasteiger partial charge in [0, 0.05) is 31.4 Å². The molecule has 0 spiro atoms. The minimum atomic E-state index is -2.83. The van der Waals surface area contributed by atoms with Gasteiger partial charge in [0.1, 0.15) is 0 Å². The van der Waals surface area contributed by atoms with E-state index in [2.05, 4.69) is 10.4 Å². The molecule has 5 nitrogen and oxygen atoms in total. The molecule has 96 valence electrons. The summed E-state index contributed by atoms with van der Waals surface area (Å²) in [6.45, 7) is 3.25. The van der Waals surface area contributed by atoms with E-state index in [4.69, 9.17) is 0 Å². The van der Waals surface area contributed by atoms with Crippen LogP contribution in [-0.4, -0.2) is 35.7 Å². The predicted molar refractivity (Wildman–Crippen MR) is 66.5 cm³/mol.